The average Bonchev–Trinajstić information content (AvgIpc) is 3.10. The van der Waals surface area contributed by atoms with E-state index < -0.39 is 48.6 Å². The second kappa shape index (κ2) is 10.0. The lowest BCUT2D eigenvalue weighted by Crippen LogP contribution is -2.59. The standard InChI is InChI=1S/C15H26N4O7/c1-7(17-13(23)9-4-3-5-16-9)12(22)19-11(8(2)21)14(24)18-10(6-20)15(25)26/h7-11,16,20-21H,3-6H2,1-2H3,(H,17,23)(H,18,24)(H,19,22)(H,25,26). The van der Waals surface area contributed by atoms with E-state index in [0.29, 0.717) is 6.42 Å². The number of amides is 3. The van der Waals surface area contributed by atoms with E-state index in [9.17, 15) is 24.3 Å². The first-order chi connectivity index (χ1) is 12.2. The second-order valence-electron chi connectivity index (χ2n) is 6.19. The van der Waals surface area contributed by atoms with Crippen molar-refractivity contribution in [2.24, 2.45) is 0 Å². The number of hydrogen-bond donors (Lipinski definition) is 7. The van der Waals surface area contributed by atoms with E-state index in [1.165, 1.54) is 13.8 Å². The number of rotatable bonds is 9. The topological polar surface area (TPSA) is 177 Å². The summed E-state index contributed by atoms with van der Waals surface area (Å²) in [7, 11) is 0. The van der Waals surface area contributed by atoms with Gasteiger partial charge in [-0.25, -0.2) is 4.79 Å². The van der Waals surface area contributed by atoms with Gasteiger partial charge >= 0.3 is 5.97 Å². The van der Waals surface area contributed by atoms with Crippen molar-refractivity contribution in [2.75, 3.05) is 13.2 Å². The van der Waals surface area contributed by atoms with Crippen LogP contribution in [0, 0.1) is 0 Å². The molecular formula is C15H26N4O7. The largest absolute Gasteiger partial charge is 0.480 e. The van der Waals surface area contributed by atoms with E-state index in [0.717, 1.165) is 13.0 Å². The molecule has 11 nitrogen and oxygen atoms in total. The van der Waals surface area contributed by atoms with E-state index >= 15 is 0 Å². The van der Waals surface area contributed by atoms with Crippen LogP contribution in [0.1, 0.15) is 26.7 Å². The molecule has 0 aromatic rings. The number of nitrogens with one attached hydrogen (secondary N) is 4. The highest BCUT2D eigenvalue weighted by Crippen LogP contribution is 2.05. The second-order valence-corrected chi connectivity index (χ2v) is 6.19. The number of carboxylic acid groups (broad SMARTS) is 1. The molecule has 5 atom stereocenters. The van der Waals surface area contributed by atoms with Crippen molar-refractivity contribution in [3.05, 3.63) is 0 Å². The van der Waals surface area contributed by atoms with Crippen molar-refractivity contribution >= 4 is 23.7 Å². The molecule has 0 saturated carbocycles. The number of carbonyl (C=O) groups excluding carboxylic acids is 3. The molecule has 0 aliphatic carbocycles. The van der Waals surface area contributed by atoms with Gasteiger partial charge in [-0.05, 0) is 33.2 Å². The van der Waals surface area contributed by atoms with Crippen molar-refractivity contribution in [3.63, 3.8) is 0 Å². The highest BCUT2D eigenvalue weighted by atomic mass is 16.4. The maximum atomic E-state index is 12.2. The summed E-state index contributed by atoms with van der Waals surface area (Å²) in [5.41, 5.74) is 0. The maximum absolute atomic E-state index is 12.2. The molecule has 3 amide bonds. The molecule has 148 valence electrons. The number of carboxylic acids is 1. The molecule has 1 saturated heterocycles. The highest BCUT2D eigenvalue weighted by molar-refractivity contribution is 5.94. The predicted molar refractivity (Wildman–Crippen MR) is 88.9 cm³/mol. The van der Waals surface area contributed by atoms with Crippen LogP contribution in [-0.2, 0) is 19.2 Å². The summed E-state index contributed by atoms with van der Waals surface area (Å²) in [6.07, 6.45) is 0.196. The summed E-state index contributed by atoms with van der Waals surface area (Å²) in [6, 6.07) is -4.35. The molecule has 26 heavy (non-hydrogen) atoms. The van der Waals surface area contributed by atoms with Crippen molar-refractivity contribution in [1.29, 1.82) is 0 Å². The molecule has 11 heteroatoms. The monoisotopic (exact) mass is 374 g/mol. The third-order valence-electron chi connectivity index (χ3n) is 3.99. The zero-order valence-corrected chi connectivity index (χ0v) is 14.7. The molecule has 0 bridgehead atoms. The molecule has 1 heterocycles. The fourth-order valence-electron chi connectivity index (χ4n) is 2.42. The molecule has 1 aliphatic heterocycles. The third-order valence-corrected chi connectivity index (χ3v) is 3.99. The lowest BCUT2D eigenvalue weighted by molar-refractivity contribution is -0.144. The minimum Gasteiger partial charge on any atom is -0.480 e. The van der Waals surface area contributed by atoms with Gasteiger partial charge in [0.25, 0.3) is 0 Å². The van der Waals surface area contributed by atoms with Gasteiger partial charge in [-0.2, -0.15) is 0 Å². The number of aliphatic carboxylic acids is 1. The van der Waals surface area contributed by atoms with E-state index in [1.807, 2.05) is 5.32 Å². The van der Waals surface area contributed by atoms with Gasteiger partial charge in [0.2, 0.25) is 17.7 Å². The first kappa shape index (κ1) is 21.8. The molecule has 1 fully saturated rings. The minimum absolute atomic E-state index is 0.338. The van der Waals surface area contributed by atoms with E-state index in [2.05, 4.69) is 16.0 Å². The van der Waals surface area contributed by atoms with Gasteiger partial charge in [0, 0.05) is 0 Å². The van der Waals surface area contributed by atoms with Crippen molar-refractivity contribution in [3.8, 4) is 0 Å². The molecule has 0 aromatic carbocycles. The van der Waals surface area contributed by atoms with Gasteiger partial charge in [-0.3, -0.25) is 14.4 Å². The van der Waals surface area contributed by atoms with Crippen LogP contribution in [0.25, 0.3) is 0 Å². The first-order valence-electron chi connectivity index (χ1n) is 8.33. The van der Waals surface area contributed by atoms with Gasteiger partial charge in [-0.1, -0.05) is 0 Å². The predicted octanol–water partition coefficient (Wildman–Crippen LogP) is -3.33. The number of aliphatic hydroxyl groups excluding tert-OH is 2. The Hall–Kier alpha value is -2.24. The molecule has 1 rings (SSSR count). The van der Waals surface area contributed by atoms with Crippen LogP contribution < -0.4 is 21.3 Å². The van der Waals surface area contributed by atoms with Gasteiger partial charge in [0.1, 0.15) is 18.1 Å². The minimum atomic E-state index is -1.56. The van der Waals surface area contributed by atoms with E-state index in [1.54, 1.807) is 0 Å². The quantitative estimate of drug-likeness (QED) is 0.219. The normalized spacial score (nSPS) is 21.2. The maximum Gasteiger partial charge on any atom is 0.328 e. The molecule has 7 N–H and O–H groups in total. The summed E-state index contributed by atoms with van der Waals surface area (Å²) in [6.45, 7) is 2.54. The van der Waals surface area contributed by atoms with Crippen LogP contribution in [0.3, 0.4) is 0 Å². The summed E-state index contributed by atoms with van der Waals surface area (Å²) in [5, 5.41) is 37.3. The Balaban J connectivity index is 2.64. The van der Waals surface area contributed by atoms with E-state index in [4.69, 9.17) is 10.2 Å². The zero-order valence-electron chi connectivity index (χ0n) is 14.7. The van der Waals surface area contributed by atoms with Crippen molar-refractivity contribution in [2.45, 2.75) is 57.0 Å². The summed E-state index contributed by atoms with van der Waals surface area (Å²) in [5.74, 6) is -3.48. The van der Waals surface area contributed by atoms with Crippen LogP contribution in [0.15, 0.2) is 0 Å². The first-order valence-corrected chi connectivity index (χ1v) is 8.33. The van der Waals surface area contributed by atoms with Crippen molar-refractivity contribution in [1.82, 2.24) is 21.3 Å². The van der Waals surface area contributed by atoms with Gasteiger partial charge in [0.05, 0.1) is 18.8 Å². The van der Waals surface area contributed by atoms with Gasteiger partial charge < -0.3 is 36.6 Å². The third kappa shape index (κ3) is 6.24. The molecule has 0 aromatic heterocycles. The number of hydrogen-bond acceptors (Lipinski definition) is 7. The molecule has 5 unspecified atom stereocenters. The fraction of sp³-hybridized carbons (Fsp3) is 0.733. The Bertz CT molecular complexity index is 534. The van der Waals surface area contributed by atoms with Crippen LogP contribution in [0.2, 0.25) is 0 Å². The van der Waals surface area contributed by atoms with Crippen LogP contribution in [0.4, 0.5) is 0 Å². The Morgan fingerprint density at radius 3 is 2.23 bits per heavy atom. The van der Waals surface area contributed by atoms with E-state index in [-0.39, 0.29) is 11.9 Å². The Morgan fingerprint density at radius 1 is 1.12 bits per heavy atom. The Morgan fingerprint density at radius 2 is 1.77 bits per heavy atom. The number of aliphatic hydroxyl groups is 2. The smallest absolute Gasteiger partial charge is 0.328 e. The molecule has 1 aliphatic rings. The summed E-state index contributed by atoms with van der Waals surface area (Å²) in [4.78, 5) is 47.1. The zero-order chi connectivity index (χ0) is 19.9. The molecule has 0 radical (unpaired) electrons. The molecule has 0 spiro atoms. The lowest BCUT2D eigenvalue weighted by atomic mass is 10.1. The molecular weight excluding hydrogens is 348 g/mol. The lowest BCUT2D eigenvalue weighted by Gasteiger charge is -2.24. The van der Waals surface area contributed by atoms with Crippen LogP contribution in [-0.4, -0.2) is 82.4 Å². The number of carbonyl (C=O) groups is 4. The SMILES string of the molecule is CC(NC(=O)C1CCCN1)C(=O)NC(C(=O)NC(CO)C(=O)O)C(C)O. The summed E-state index contributed by atoms with van der Waals surface area (Å²) >= 11 is 0. The highest BCUT2D eigenvalue weighted by Gasteiger charge is 2.31. The average molecular weight is 374 g/mol. The summed E-state index contributed by atoms with van der Waals surface area (Å²) < 4.78 is 0. The van der Waals surface area contributed by atoms with Crippen molar-refractivity contribution < 1.29 is 34.5 Å². The van der Waals surface area contributed by atoms with Gasteiger partial charge in [-0.15, -0.1) is 0 Å². The van der Waals surface area contributed by atoms with Gasteiger partial charge in [0.15, 0.2) is 0 Å². The fourth-order valence-corrected chi connectivity index (χ4v) is 2.42. The van der Waals surface area contributed by atoms with Crippen LogP contribution >= 0.6 is 0 Å². The van der Waals surface area contributed by atoms with Crippen LogP contribution in [0.5, 0.6) is 0 Å². The Labute approximate surface area is 150 Å². The Kier molecular flexibility index (Phi) is 8.42.